The number of rotatable bonds is 6. The largest absolute Gasteiger partial charge is 0.455 e. The van der Waals surface area contributed by atoms with Crippen LogP contribution in [0.1, 0.15) is 66.2 Å². The quantitative estimate of drug-likeness (QED) is 0.380. The predicted octanol–water partition coefficient (Wildman–Crippen LogP) is 3.95. The number of carbonyl (C=O) groups excluding carboxylic acids is 3. The van der Waals surface area contributed by atoms with E-state index in [2.05, 4.69) is 26.7 Å². The molecule has 0 aromatic rings. The number of ether oxygens (including phenoxy) is 3. The zero-order valence-corrected chi connectivity index (χ0v) is 17.8. The highest BCUT2D eigenvalue weighted by Gasteiger charge is 2.71. The molecular formula is C23H30O6. The summed E-state index contributed by atoms with van der Waals surface area (Å²) in [5.74, 6) is -1.46. The van der Waals surface area contributed by atoms with Crippen LogP contribution in [0.15, 0.2) is 36.5 Å². The SMILES string of the molecule is C=C(C)C(=O)OC12CC3(C)CC(OC(=O)C(=C)C)(C1)CC(OC(=O)C(=C)C)(C3)C2. The fraction of sp³-hybridized carbons (Fsp3) is 0.609. The van der Waals surface area contributed by atoms with Gasteiger partial charge in [0.15, 0.2) is 0 Å². The van der Waals surface area contributed by atoms with Gasteiger partial charge in [0, 0.05) is 36.0 Å². The Kier molecular flexibility index (Phi) is 4.84. The molecule has 0 unspecified atom stereocenters. The van der Waals surface area contributed by atoms with E-state index < -0.39 is 34.7 Å². The number of esters is 3. The molecular weight excluding hydrogens is 372 g/mol. The van der Waals surface area contributed by atoms with Crippen LogP contribution in [0.4, 0.5) is 0 Å². The van der Waals surface area contributed by atoms with Crippen molar-refractivity contribution < 1.29 is 28.6 Å². The highest BCUT2D eigenvalue weighted by molar-refractivity contribution is 5.88. The Bertz CT molecular complexity index is 719. The van der Waals surface area contributed by atoms with Crippen LogP contribution in [0, 0.1) is 5.41 Å². The van der Waals surface area contributed by atoms with Gasteiger partial charge in [-0.25, -0.2) is 14.4 Å². The van der Waals surface area contributed by atoms with Crippen molar-refractivity contribution in [3.8, 4) is 0 Å². The summed E-state index contributed by atoms with van der Waals surface area (Å²) in [5.41, 5.74) is -2.07. The summed E-state index contributed by atoms with van der Waals surface area (Å²) in [6, 6.07) is 0. The van der Waals surface area contributed by atoms with Crippen molar-refractivity contribution in [2.75, 3.05) is 0 Å². The van der Waals surface area contributed by atoms with Gasteiger partial charge in [0.2, 0.25) is 0 Å². The fourth-order valence-corrected chi connectivity index (χ4v) is 6.02. The second-order valence-corrected chi connectivity index (χ2v) is 9.93. The zero-order chi connectivity index (χ0) is 21.8. The van der Waals surface area contributed by atoms with E-state index in [0.717, 1.165) is 0 Å². The first kappa shape index (κ1) is 21.3. The standard InChI is InChI=1S/C23H30O6/c1-14(2)17(24)27-21-8-20(7)9-22(11-21,28-18(25)15(3)4)13-23(10-20,12-21)29-19(26)16(5)6/h1,3,5,8-13H2,2,4,6-7H3. The minimum absolute atomic E-state index is 0.298. The predicted molar refractivity (Wildman–Crippen MR) is 107 cm³/mol. The molecule has 158 valence electrons. The first-order valence-corrected chi connectivity index (χ1v) is 9.89. The molecule has 4 rings (SSSR count). The summed E-state index contributed by atoms with van der Waals surface area (Å²) >= 11 is 0. The van der Waals surface area contributed by atoms with E-state index in [1.54, 1.807) is 20.8 Å². The molecule has 6 heteroatoms. The Hall–Kier alpha value is -2.37. The lowest BCUT2D eigenvalue weighted by atomic mass is 9.45. The summed E-state index contributed by atoms with van der Waals surface area (Å²) in [5, 5.41) is 0. The van der Waals surface area contributed by atoms with Crippen LogP contribution in [0.3, 0.4) is 0 Å². The van der Waals surface area contributed by atoms with E-state index in [1.165, 1.54) is 0 Å². The Morgan fingerprint density at radius 3 is 1.03 bits per heavy atom. The van der Waals surface area contributed by atoms with E-state index in [-0.39, 0.29) is 5.41 Å². The van der Waals surface area contributed by atoms with Crippen molar-refractivity contribution in [3.63, 3.8) is 0 Å². The maximum absolute atomic E-state index is 12.4. The van der Waals surface area contributed by atoms with Gasteiger partial charge < -0.3 is 14.2 Å². The lowest BCUT2D eigenvalue weighted by Crippen LogP contribution is -2.71. The summed E-state index contributed by atoms with van der Waals surface area (Å²) < 4.78 is 17.8. The average molecular weight is 402 g/mol. The van der Waals surface area contributed by atoms with Gasteiger partial charge in [0.25, 0.3) is 0 Å². The summed E-state index contributed by atoms with van der Waals surface area (Å²) in [4.78, 5) is 37.3. The van der Waals surface area contributed by atoms with Crippen LogP contribution in [-0.2, 0) is 28.6 Å². The van der Waals surface area contributed by atoms with Crippen molar-refractivity contribution in [3.05, 3.63) is 36.5 Å². The Balaban J connectivity index is 2.04. The van der Waals surface area contributed by atoms with Crippen molar-refractivity contribution in [1.29, 1.82) is 0 Å². The zero-order valence-electron chi connectivity index (χ0n) is 17.8. The second kappa shape index (κ2) is 6.57. The molecule has 0 amide bonds. The molecule has 4 bridgehead atoms. The van der Waals surface area contributed by atoms with Gasteiger partial charge >= 0.3 is 17.9 Å². The van der Waals surface area contributed by atoms with Gasteiger partial charge in [-0.1, -0.05) is 26.7 Å². The first-order chi connectivity index (χ1) is 13.2. The second-order valence-electron chi connectivity index (χ2n) is 9.93. The number of carbonyl (C=O) groups is 3. The smallest absolute Gasteiger partial charge is 0.333 e. The number of hydrogen-bond donors (Lipinski definition) is 0. The van der Waals surface area contributed by atoms with Gasteiger partial charge in [-0.05, 0) is 45.4 Å². The van der Waals surface area contributed by atoms with E-state index in [0.29, 0.717) is 55.2 Å². The lowest BCUT2D eigenvalue weighted by Gasteiger charge is -2.67. The van der Waals surface area contributed by atoms with Crippen molar-refractivity contribution in [1.82, 2.24) is 0 Å². The lowest BCUT2D eigenvalue weighted by molar-refractivity contribution is -0.287. The Morgan fingerprint density at radius 2 is 0.828 bits per heavy atom. The molecule has 0 aliphatic heterocycles. The van der Waals surface area contributed by atoms with Crippen LogP contribution >= 0.6 is 0 Å². The molecule has 6 nitrogen and oxygen atoms in total. The van der Waals surface area contributed by atoms with Gasteiger partial charge in [-0.15, -0.1) is 0 Å². The molecule has 0 aromatic carbocycles. The summed E-state index contributed by atoms with van der Waals surface area (Å²) in [7, 11) is 0. The van der Waals surface area contributed by atoms with Crippen molar-refractivity contribution >= 4 is 17.9 Å². The molecule has 0 spiro atoms. The normalized spacial score (nSPS) is 36.8. The minimum Gasteiger partial charge on any atom is -0.455 e. The van der Waals surface area contributed by atoms with Crippen LogP contribution < -0.4 is 0 Å². The van der Waals surface area contributed by atoms with Gasteiger partial charge in [-0.3, -0.25) is 0 Å². The molecule has 29 heavy (non-hydrogen) atoms. The molecule has 4 aliphatic carbocycles. The van der Waals surface area contributed by atoms with Gasteiger partial charge in [-0.2, -0.15) is 0 Å². The van der Waals surface area contributed by atoms with Gasteiger partial charge in [0.1, 0.15) is 16.8 Å². The molecule has 4 saturated carbocycles. The third-order valence-electron chi connectivity index (χ3n) is 6.15. The van der Waals surface area contributed by atoms with E-state index >= 15 is 0 Å². The number of hydrogen-bond acceptors (Lipinski definition) is 6. The van der Waals surface area contributed by atoms with Crippen molar-refractivity contribution in [2.45, 2.75) is 83.0 Å². The highest BCUT2D eigenvalue weighted by Crippen LogP contribution is 2.67. The third-order valence-corrected chi connectivity index (χ3v) is 6.15. The van der Waals surface area contributed by atoms with E-state index in [9.17, 15) is 14.4 Å². The molecule has 4 aliphatic rings. The third kappa shape index (κ3) is 3.89. The molecule has 0 N–H and O–H groups in total. The van der Waals surface area contributed by atoms with Crippen LogP contribution in [0.2, 0.25) is 0 Å². The summed E-state index contributed by atoms with van der Waals surface area (Å²) in [6.45, 7) is 17.9. The van der Waals surface area contributed by atoms with E-state index in [1.807, 2.05) is 0 Å². The molecule has 0 radical (unpaired) electrons. The molecule has 0 heterocycles. The Morgan fingerprint density at radius 1 is 0.586 bits per heavy atom. The molecule has 4 fully saturated rings. The maximum atomic E-state index is 12.4. The van der Waals surface area contributed by atoms with Crippen LogP contribution in [-0.4, -0.2) is 34.7 Å². The fourth-order valence-electron chi connectivity index (χ4n) is 6.02. The van der Waals surface area contributed by atoms with Crippen molar-refractivity contribution in [2.24, 2.45) is 5.41 Å². The Labute approximate surface area is 172 Å². The molecule has 0 saturated heterocycles. The molecule has 0 atom stereocenters. The van der Waals surface area contributed by atoms with Crippen LogP contribution in [0.25, 0.3) is 0 Å². The molecule has 0 aromatic heterocycles. The summed E-state index contributed by atoms with van der Waals surface area (Å²) in [6.07, 6.45) is 2.99. The highest BCUT2D eigenvalue weighted by atomic mass is 16.6. The van der Waals surface area contributed by atoms with Crippen LogP contribution in [0.5, 0.6) is 0 Å². The van der Waals surface area contributed by atoms with Gasteiger partial charge in [0.05, 0.1) is 0 Å². The van der Waals surface area contributed by atoms with E-state index in [4.69, 9.17) is 14.2 Å². The topological polar surface area (TPSA) is 78.9 Å². The monoisotopic (exact) mass is 402 g/mol. The first-order valence-electron chi connectivity index (χ1n) is 9.89. The minimum atomic E-state index is -0.885. The maximum Gasteiger partial charge on any atom is 0.333 e. The average Bonchev–Trinajstić information content (AvgIpc) is 2.50.